The van der Waals surface area contributed by atoms with Crippen molar-refractivity contribution in [2.45, 2.75) is 20.8 Å². The van der Waals surface area contributed by atoms with Crippen molar-refractivity contribution in [3.05, 3.63) is 46.2 Å². The van der Waals surface area contributed by atoms with E-state index in [0.29, 0.717) is 5.02 Å². The molecule has 0 fully saturated rings. The van der Waals surface area contributed by atoms with Crippen LogP contribution in [0.15, 0.2) is 29.4 Å². The third-order valence-corrected chi connectivity index (χ3v) is 3.51. The van der Waals surface area contributed by atoms with Crippen molar-refractivity contribution < 1.29 is 9.53 Å². The van der Waals surface area contributed by atoms with Crippen LogP contribution in [0.2, 0.25) is 5.02 Å². The zero-order chi connectivity index (χ0) is 16.3. The Hall–Kier alpha value is -2.27. The molecule has 0 spiro atoms. The molecule has 0 saturated heterocycles. The van der Waals surface area contributed by atoms with E-state index in [4.69, 9.17) is 16.3 Å². The molecule has 2 aromatic rings. The predicted octanol–water partition coefficient (Wildman–Crippen LogP) is 3.23. The summed E-state index contributed by atoms with van der Waals surface area (Å²) in [5, 5.41) is 4.55. The van der Waals surface area contributed by atoms with Crippen LogP contribution in [0.4, 0.5) is 0 Å². The topological polar surface area (TPSA) is 55.6 Å². The lowest BCUT2D eigenvalue weighted by Gasteiger charge is -2.14. The van der Waals surface area contributed by atoms with Gasteiger partial charge < -0.3 is 9.30 Å². The normalized spacial score (nSPS) is 11.0. The Morgan fingerprint density at radius 1 is 1.36 bits per heavy atom. The maximum atomic E-state index is 10.9. The third-order valence-electron chi connectivity index (χ3n) is 3.28. The highest BCUT2D eigenvalue weighted by Gasteiger charge is 2.13. The Morgan fingerprint density at radius 3 is 2.73 bits per heavy atom. The molecule has 0 aliphatic rings. The van der Waals surface area contributed by atoms with Crippen molar-refractivity contribution >= 4 is 23.7 Å². The Balaban J connectivity index is 2.49. The summed E-state index contributed by atoms with van der Waals surface area (Å²) in [6.45, 7) is 5.38. The number of aryl methyl sites for hydroxylation is 1. The number of hydrogen-bond acceptors (Lipinski definition) is 3. The number of nitrogens with one attached hydrogen (secondary N) is 1. The maximum Gasteiger partial charge on any atom is 0.236 e. The molecule has 22 heavy (non-hydrogen) atoms. The largest absolute Gasteiger partial charge is 0.495 e. The Labute approximate surface area is 134 Å². The molecule has 6 heteroatoms. The van der Waals surface area contributed by atoms with Gasteiger partial charge in [-0.25, -0.2) is 5.43 Å². The highest BCUT2D eigenvalue weighted by Crippen LogP contribution is 2.30. The van der Waals surface area contributed by atoms with E-state index in [1.165, 1.54) is 6.92 Å². The first-order valence-corrected chi connectivity index (χ1v) is 7.14. The third kappa shape index (κ3) is 3.31. The minimum Gasteiger partial charge on any atom is -0.495 e. The van der Waals surface area contributed by atoms with Crippen molar-refractivity contribution in [3.63, 3.8) is 0 Å². The number of hydrazone groups is 1. The lowest BCUT2D eigenvalue weighted by atomic mass is 10.2. The molecule has 1 heterocycles. The zero-order valence-corrected chi connectivity index (χ0v) is 13.7. The van der Waals surface area contributed by atoms with Crippen LogP contribution in [0.3, 0.4) is 0 Å². The van der Waals surface area contributed by atoms with Crippen molar-refractivity contribution in [1.82, 2.24) is 9.99 Å². The maximum absolute atomic E-state index is 10.9. The van der Waals surface area contributed by atoms with Crippen molar-refractivity contribution in [3.8, 4) is 11.4 Å². The standard InChI is InChI=1S/C16H18ClN3O2/c1-10-7-13(9-18-19-12(3)21)11(2)20(10)15-8-14(17)5-6-16(15)22-4/h5-9H,1-4H3,(H,19,21)/b18-9-. The van der Waals surface area contributed by atoms with Crippen LogP contribution >= 0.6 is 11.6 Å². The SMILES string of the molecule is COc1ccc(Cl)cc1-n1c(C)cc(/C=N\NC(C)=O)c1C. The zero-order valence-electron chi connectivity index (χ0n) is 13.0. The van der Waals surface area contributed by atoms with Crippen LogP contribution in [-0.4, -0.2) is 23.8 Å². The van der Waals surface area contributed by atoms with Crippen LogP contribution < -0.4 is 10.2 Å². The van der Waals surface area contributed by atoms with Gasteiger partial charge in [0, 0.05) is 28.9 Å². The molecule has 0 atom stereocenters. The molecule has 0 unspecified atom stereocenters. The second kappa shape index (κ2) is 6.66. The molecular formula is C16H18ClN3O2. The second-order valence-corrected chi connectivity index (χ2v) is 5.34. The van der Waals surface area contributed by atoms with Crippen molar-refractivity contribution in [1.29, 1.82) is 0 Å². The first kappa shape index (κ1) is 16.1. The minimum absolute atomic E-state index is 0.207. The minimum atomic E-state index is -0.207. The van der Waals surface area contributed by atoms with Crippen LogP contribution in [0.1, 0.15) is 23.9 Å². The predicted molar refractivity (Wildman–Crippen MR) is 88.2 cm³/mol. The van der Waals surface area contributed by atoms with Gasteiger partial charge in [0.1, 0.15) is 5.75 Å². The van der Waals surface area contributed by atoms with Crippen LogP contribution in [0.25, 0.3) is 5.69 Å². The van der Waals surface area contributed by atoms with Crippen LogP contribution in [0.5, 0.6) is 5.75 Å². The summed E-state index contributed by atoms with van der Waals surface area (Å²) in [6.07, 6.45) is 1.62. The van der Waals surface area contributed by atoms with E-state index in [0.717, 1.165) is 28.4 Å². The van der Waals surface area contributed by atoms with Gasteiger partial charge in [-0.3, -0.25) is 4.79 Å². The number of carbonyl (C=O) groups is 1. The summed E-state index contributed by atoms with van der Waals surface area (Å²) in [7, 11) is 1.63. The molecule has 0 saturated carbocycles. The highest BCUT2D eigenvalue weighted by atomic mass is 35.5. The lowest BCUT2D eigenvalue weighted by molar-refractivity contribution is -0.118. The average Bonchev–Trinajstić information content (AvgIpc) is 2.73. The van der Waals surface area contributed by atoms with E-state index >= 15 is 0 Å². The van der Waals surface area contributed by atoms with Gasteiger partial charge in [0.2, 0.25) is 5.91 Å². The number of halogens is 1. The van der Waals surface area contributed by atoms with Gasteiger partial charge in [0.15, 0.2) is 0 Å². The van der Waals surface area contributed by atoms with E-state index in [1.54, 1.807) is 19.4 Å². The molecule has 0 aliphatic heterocycles. The van der Waals surface area contributed by atoms with E-state index < -0.39 is 0 Å². The number of hydrogen-bond donors (Lipinski definition) is 1. The Morgan fingerprint density at radius 2 is 2.09 bits per heavy atom. The number of ether oxygens (including phenoxy) is 1. The summed E-state index contributed by atoms with van der Waals surface area (Å²) in [5.41, 5.74) is 6.17. The Bertz CT molecular complexity index is 735. The number of methoxy groups -OCH3 is 1. The van der Waals surface area contributed by atoms with Gasteiger partial charge in [-0.1, -0.05) is 11.6 Å². The van der Waals surface area contributed by atoms with Gasteiger partial charge in [0.25, 0.3) is 0 Å². The molecule has 1 amide bonds. The molecule has 0 aliphatic carbocycles. The van der Waals surface area contributed by atoms with Gasteiger partial charge in [-0.15, -0.1) is 0 Å². The van der Waals surface area contributed by atoms with Gasteiger partial charge in [-0.2, -0.15) is 5.10 Å². The molecule has 116 valence electrons. The number of aromatic nitrogens is 1. The molecule has 5 nitrogen and oxygen atoms in total. The van der Waals surface area contributed by atoms with Crippen molar-refractivity contribution in [2.24, 2.45) is 5.10 Å². The highest BCUT2D eigenvalue weighted by molar-refractivity contribution is 6.30. The van der Waals surface area contributed by atoms with E-state index in [-0.39, 0.29) is 5.91 Å². The summed E-state index contributed by atoms with van der Waals surface area (Å²) in [4.78, 5) is 10.9. The van der Waals surface area contributed by atoms with Crippen molar-refractivity contribution in [2.75, 3.05) is 7.11 Å². The van der Waals surface area contributed by atoms with E-state index in [9.17, 15) is 4.79 Å². The molecule has 1 N–H and O–H groups in total. The molecule has 2 rings (SSSR count). The first-order chi connectivity index (χ1) is 10.4. The fourth-order valence-corrected chi connectivity index (χ4v) is 2.49. The number of amides is 1. The summed E-state index contributed by atoms with van der Waals surface area (Å²) >= 11 is 6.11. The van der Waals surface area contributed by atoms with Crippen LogP contribution in [0, 0.1) is 13.8 Å². The fourth-order valence-electron chi connectivity index (χ4n) is 2.32. The number of rotatable bonds is 4. The smallest absolute Gasteiger partial charge is 0.236 e. The average molecular weight is 320 g/mol. The summed E-state index contributed by atoms with van der Waals surface area (Å²) in [6, 6.07) is 7.47. The number of benzene rings is 1. The van der Waals surface area contributed by atoms with Crippen LogP contribution in [-0.2, 0) is 4.79 Å². The Kier molecular flexibility index (Phi) is 4.88. The molecule has 1 aromatic carbocycles. The summed E-state index contributed by atoms with van der Waals surface area (Å²) < 4.78 is 7.46. The molecule has 0 radical (unpaired) electrons. The van der Waals surface area contributed by atoms with Gasteiger partial charge in [0.05, 0.1) is 19.0 Å². The number of nitrogens with zero attached hydrogens (tertiary/aromatic N) is 2. The quantitative estimate of drug-likeness (QED) is 0.695. The van der Waals surface area contributed by atoms with Gasteiger partial charge >= 0.3 is 0 Å². The molecular weight excluding hydrogens is 302 g/mol. The first-order valence-electron chi connectivity index (χ1n) is 6.76. The van der Waals surface area contributed by atoms with Gasteiger partial charge in [-0.05, 0) is 38.1 Å². The molecule has 0 bridgehead atoms. The summed E-state index contributed by atoms with van der Waals surface area (Å²) in [5.74, 6) is 0.526. The molecule has 1 aromatic heterocycles. The monoisotopic (exact) mass is 319 g/mol. The number of carbonyl (C=O) groups excluding carboxylic acids is 1. The van der Waals surface area contributed by atoms with E-state index in [2.05, 4.69) is 10.5 Å². The lowest BCUT2D eigenvalue weighted by Crippen LogP contribution is -2.12. The second-order valence-electron chi connectivity index (χ2n) is 4.90. The van der Waals surface area contributed by atoms with E-state index in [1.807, 2.05) is 36.6 Å². The fraction of sp³-hybridized carbons (Fsp3) is 0.250.